The number of carbonyl (C=O) groups is 2. The number of aromatic nitrogens is 3. The van der Waals surface area contributed by atoms with Crippen molar-refractivity contribution in [1.29, 1.82) is 0 Å². The largest absolute Gasteiger partial charge is 0.497 e. The third-order valence-electron chi connectivity index (χ3n) is 4.16. The average molecular weight is 371 g/mol. The predicted molar refractivity (Wildman–Crippen MR) is 95.5 cm³/mol. The molecule has 0 unspecified atom stereocenters. The minimum Gasteiger partial charge on any atom is -0.497 e. The van der Waals surface area contributed by atoms with Crippen LogP contribution in [0.5, 0.6) is 5.75 Å². The lowest BCUT2D eigenvalue weighted by molar-refractivity contribution is 0.0586. The van der Waals surface area contributed by atoms with E-state index >= 15 is 0 Å². The van der Waals surface area contributed by atoms with Crippen molar-refractivity contribution >= 4 is 22.7 Å². The minimum absolute atomic E-state index is 0.00302. The van der Waals surface area contributed by atoms with Crippen LogP contribution < -0.4 is 10.3 Å². The van der Waals surface area contributed by atoms with Gasteiger partial charge in [-0.15, -0.1) is 0 Å². The van der Waals surface area contributed by atoms with Gasteiger partial charge in [0.05, 0.1) is 32.9 Å². The SMILES string of the molecule is COC(=O)c1c2cnn(C)c(=O)c2c(C(=O)OC)n1-c1ccc(OC)cc1. The van der Waals surface area contributed by atoms with Crippen LogP contribution >= 0.6 is 0 Å². The summed E-state index contributed by atoms with van der Waals surface area (Å²) in [5, 5.41) is 4.18. The summed E-state index contributed by atoms with van der Waals surface area (Å²) in [6.45, 7) is 0. The van der Waals surface area contributed by atoms with E-state index in [0.29, 0.717) is 11.4 Å². The van der Waals surface area contributed by atoms with E-state index in [-0.39, 0.29) is 22.2 Å². The molecule has 2 heterocycles. The molecular formula is C18H17N3O6. The number of hydrogen-bond acceptors (Lipinski definition) is 7. The number of fused-ring (bicyclic) bond motifs is 1. The van der Waals surface area contributed by atoms with Gasteiger partial charge in [-0.2, -0.15) is 5.10 Å². The Hall–Kier alpha value is -3.62. The molecule has 0 amide bonds. The van der Waals surface area contributed by atoms with Crippen LogP contribution in [-0.4, -0.2) is 47.6 Å². The second-order valence-corrected chi connectivity index (χ2v) is 5.58. The normalized spacial score (nSPS) is 10.7. The summed E-state index contributed by atoms with van der Waals surface area (Å²) in [5.74, 6) is -0.900. The Kier molecular flexibility index (Phi) is 4.68. The van der Waals surface area contributed by atoms with Crippen molar-refractivity contribution in [2.75, 3.05) is 21.3 Å². The molecule has 9 heteroatoms. The fraction of sp³-hybridized carbons (Fsp3) is 0.222. The molecular weight excluding hydrogens is 354 g/mol. The highest BCUT2D eigenvalue weighted by atomic mass is 16.5. The lowest BCUT2D eigenvalue weighted by Gasteiger charge is -2.12. The summed E-state index contributed by atoms with van der Waals surface area (Å²) in [5.41, 5.74) is -0.162. The van der Waals surface area contributed by atoms with E-state index < -0.39 is 17.5 Å². The maximum atomic E-state index is 12.7. The molecule has 140 valence electrons. The first kappa shape index (κ1) is 18.2. The highest BCUT2D eigenvalue weighted by Gasteiger charge is 2.30. The molecule has 3 aromatic rings. The fourth-order valence-corrected chi connectivity index (χ4v) is 2.87. The van der Waals surface area contributed by atoms with Gasteiger partial charge in [0.1, 0.15) is 17.1 Å². The van der Waals surface area contributed by atoms with E-state index in [4.69, 9.17) is 14.2 Å². The molecule has 0 saturated heterocycles. The zero-order valence-electron chi connectivity index (χ0n) is 15.2. The second-order valence-electron chi connectivity index (χ2n) is 5.58. The maximum Gasteiger partial charge on any atom is 0.355 e. The van der Waals surface area contributed by atoms with E-state index in [9.17, 15) is 14.4 Å². The minimum atomic E-state index is -0.769. The van der Waals surface area contributed by atoms with E-state index in [1.165, 1.54) is 39.1 Å². The topological polar surface area (TPSA) is 102 Å². The summed E-state index contributed by atoms with van der Waals surface area (Å²) in [7, 11) is 5.38. The zero-order valence-corrected chi connectivity index (χ0v) is 15.2. The third-order valence-corrected chi connectivity index (χ3v) is 4.16. The van der Waals surface area contributed by atoms with E-state index in [2.05, 4.69) is 5.10 Å². The Morgan fingerprint density at radius 3 is 2.11 bits per heavy atom. The van der Waals surface area contributed by atoms with Gasteiger partial charge in [-0.3, -0.25) is 9.36 Å². The lowest BCUT2D eigenvalue weighted by Crippen LogP contribution is -2.21. The molecule has 0 bridgehead atoms. The van der Waals surface area contributed by atoms with E-state index in [1.807, 2.05) is 0 Å². The van der Waals surface area contributed by atoms with Gasteiger partial charge in [0, 0.05) is 18.1 Å². The van der Waals surface area contributed by atoms with Crippen LogP contribution in [0.15, 0.2) is 35.3 Å². The molecule has 0 aliphatic carbocycles. The van der Waals surface area contributed by atoms with Gasteiger partial charge in [-0.25, -0.2) is 14.3 Å². The van der Waals surface area contributed by atoms with Gasteiger partial charge in [-0.1, -0.05) is 0 Å². The lowest BCUT2D eigenvalue weighted by atomic mass is 10.2. The number of aryl methyl sites for hydroxylation is 1. The molecule has 0 radical (unpaired) electrons. The van der Waals surface area contributed by atoms with Crippen molar-refractivity contribution in [3.63, 3.8) is 0 Å². The Bertz CT molecular complexity index is 1090. The number of hydrogen-bond donors (Lipinski definition) is 0. The summed E-state index contributed by atoms with van der Waals surface area (Å²) in [4.78, 5) is 37.7. The summed E-state index contributed by atoms with van der Waals surface area (Å²) < 4.78 is 17.3. The summed E-state index contributed by atoms with van der Waals surface area (Å²) in [6.07, 6.45) is 1.34. The molecule has 1 aromatic carbocycles. The number of carbonyl (C=O) groups excluding carboxylic acids is 2. The first-order valence-electron chi connectivity index (χ1n) is 7.86. The van der Waals surface area contributed by atoms with Crippen LogP contribution in [0.25, 0.3) is 16.5 Å². The molecule has 0 saturated carbocycles. The highest BCUT2D eigenvalue weighted by molar-refractivity contribution is 6.12. The molecule has 2 aromatic heterocycles. The summed E-state index contributed by atoms with van der Waals surface area (Å²) in [6, 6.07) is 6.62. The van der Waals surface area contributed by atoms with Crippen LogP contribution in [0, 0.1) is 0 Å². The smallest absolute Gasteiger partial charge is 0.355 e. The monoisotopic (exact) mass is 371 g/mol. The maximum absolute atomic E-state index is 12.7. The Balaban J connectivity index is 2.51. The second kappa shape index (κ2) is 6.94. The first-order valence-corrected chi connectivity index (χ1v) is 7.86. The number of esters is 2. The van der Waals surface area contributed by atoms with Crippen LogP contribution in [0.4, 0.5) is 0 Å². The molecule has 0 fully saturated rings. The third kappa shape index (κ3) is 2.82. The quantitative estimate of drug-likeness (QED) is 0.637. The van der Waals surface area contributed by atoms with Gasteiger partial charge >= 0.3 is 11.9 Å². The van der Waals surface area contributed by atoms with Crippen molar-refractivity contribution in [3.05, 3.63) is 52.2 Å². The van der Waals surface area contributed by atoms with Crippen LogP contribution in [-0.2, 0) is 16.5 Å². The Morgan fingerprint density at radius 1 is 0.963 bits per heavy atom. The van der Waals surface area contributed by atoms with Crippen LogP contribution in [0.2, 0.25) is 0 Å². The molecule has 0 aliphatic rings. The van der Waals surface area contributed by atoms with Gasteiger partial charge in [0.15, 0.2) is 0 Å². The van der Waals surface area contributed by atoms with E-state index in [1.54, 1.807) is 24.3 Å². The fourth-order valence-electron chi connectivity index (χ4n) is 2.87. The molecule has 0 aliphatic heterocycles. The standard InChI is InChI=1S/C18H17N3O6/c1-20-16(22)13-12(9-19-20)14(17(23)26-3)21(15(13)18(24)27-4)10-5-7-11(25-2)8-6-10/h5-9H,1-4H3. The van der Waals surface area contributed by atoms with Crippen molar-refractivity contribution < 1.29 is 23.8 Å². The Labute approximate surface area is 153 Å². The molecule has 0 spiro atoms. The highest BCUT2D eigenvalue weighted by Crippen LogP contribution is 2.29. The Morgan fingerprint density at radius 2 is 1.56 bits per heavy atom. The molecule has 0 atom stereocenters. The first-order chi connectivity index (χ1) is 12.9. The van der Waals surface area contributed by atoms with Gasteiger partial charge in [-0.05, 0) is 24.3 Å². The van der Waals surface area contributed by atoms with Crippen molar-refractivity contribution in [2.24, 2.45) is 7.05 Å². The average Bonchev–Trinajstić information content (AvgIpc) is 3.05. The van der Waals surface area contributed by atoms with Gasteiger partial charge in [0.25, 0.3) is 5.56 Å². The predicted octanol–water partition coefficient (Wildman–Crippen LogP) is 1.31. The van der Waals surface area contributed by atoms with Crippen molar-refractivity contribution in [1.82, 2.24) is 14.3 Å². The number of benzene rings is 1. The zero-order chi connectivity index (χ0) is 19.7. The molecule has 0 N–H and O–H groups in total. The van der Waals surface area contributed by atoms with Crippen molar-refractivity contribution in [2.45, 2.75) is 0 Å². The number of ether oxygens (including phenoxy) is 3. The van der Waals surface area contributed by atoms with Gasteiger partial charge in [0.2, 0.25) is 0 Å². The van der Waals surface area contributed by atoms with Crippen molar-refractivity contribution in [3.8, 4) is 11.4 Å². The van der Waals surface area contributed by atoms with Crippen LogP contribution in [0.3, 0.4) is 0 Å². The van der Waals surface area contributed by atoms with Crippen LogP contribution in [0.1, 0.15) is 21.0 Å². The number of rotatable bonds is 4. The number of methoxy groups -OCH3 is 3. The number of nitrogens with zero attached hydrogens (tertiary/aromatic N) is 3. The molecule has 27 heavy (non-hydrogen) atoms. The summed E-state index contributed by atoms with van der Waals surface area (Å²) >= 11 is 0. The van der Waals surface area contributed by atoms with E-state index in [0.717, 1.165) is 4.68 Å². The molecule has 9 nitrogen and oxygen atoms in total. The molecule has 3 rings (SSSR count). The van der Waals surface area contributed by atoms with Gasteiger partial charge < -0.3 is 14.2 Å².